The number of carboxylic acid groups (broad SMARTS) is 2. The number of hydrogen-bond donors (Lipinski definition) is 7. The van der Waals surface area contributed by atoms with Crippen molar-refractivity contribution >= 4 is 41.4 Å². The number of phenols is 1. The highest BCUT2D eigenvalue weighted by Gasteiger charge is 2.33. The Balaban J connectivity index is 3.04. The summed E-state index contributed by atoms with van der Waals surface area (Å²) in [6, 6.07) is 1.25. The van der Waals surface area contributed by atoms with Crippen LogP contribution in [0.4, 0.5) is 0 Å². The molecule has 5 atom stereocenters. The van der Waals surface area contributed by atoms with Crippen molar-refractivity contribution in [2.45, 2.75) is 70.1 Å². The van der Waals surface area contributed by atoms with Crippen LogP contribution in [0, 0.1) is 5.92 Å². The molecule has 212 valence electrons. The van der Waals surface area contributed by atoms with Gasteiger partial charge in [-0.15, -0.1) is 0 Å². The first kappa shape index (κ1) is 32.7. The number of aliphatic carboxylic acids is 2. The number of hydrogen-bond acceptors (Lipinski definition) is 8. The average molecular weight is 555 g/mol. The Morgan fingerprint density at radius 3 is 2.05 bits per heavy atom. The summed E-state index contributed by atoms with van der Waals surface area (Å²) in [6.45, 7) is 3.49. The fraction of sp³-hybridized carbons (Fsp3) is 0.560. The van der Waals surface area contributed by atoms with Gasteiger partial charge in [-0.1, -0.05) is 32.4 Å². The molecule has 1 aromatic rings. The molecule has 3 amide bonds. The first-order valence-corrected chi connectivity index (χ1v) is 13.7. The lowest BCUT2D eigenvalue weighted by Gasteiger charge is -2.28. The van der Waals surface area contributed by atoms with Crippen molar-refractivity contribution in [1.82, 2.24) is 16.0 Å². The van der Waals surface area contributed by atoms with E-state index < -0.39 is 66.2 Å². The van der Waals surface area contributed by atoms with Gasteiger partial charge >= 0.3 is 11.9 Å². The van der Waals surface area contributed by atoms with Crippen LogP contribution in [0.1, 0.15) is 45.1 Å². The zero-order valence-electron chi connectivity index (χ0n) is 21.8. The summed E-state index contributed by atoms with van der Waals surface area (Å²) >= 11 is 1.50. The molecule has 0 aliphatic heterocycles. The lowest BCUT2D eigenvalue weighted by atomic mass is 9.96. The number of nitrogens with two attached hydrogens (primary N) is 1. The van der Waals surface area contributed by atoms with Gasteiger partial charge in [0, 0.05) is 12.8 Å². The number of carbonyl (C=O) groups is 5. The molecular formula is C25H38N4O8S. The molecule has 0 radical (unpaired) electrons. The van der Waals surface area contributed by atoms with Gasteiger partial charge in [-0.3, -0.25) is 19.2 Å². The van der Waals surface area contributed by atoms with Crippen LogP contribution in [0.15, 0.2) is 24.3 Å². The zero-order valence-corrected chi connectivity index (χ0v) is 22.6. The third kappa shape index (κ3) is 11.4. The van der Waals surface area contributed by atoms with Gasteiger partial charge in [-0.25, -0.2) is 4.79 Å². The first-order valence-electron chi connectivity index (χ1n) is 12.3. The van der Waals surface area contributed by atoms with E-state index in [1.54, 1.807) is 13.8 Å². The fourth-order valence-corrected chi connectivity index (χ4v) is 3.97. The van der Waals surface area contributed by atoms with Crippen molar-refractivity contribution in [3.05, 3.63) is 29.8 Å². The SMILES string of the molecule is CCC(C)C(NC(=O)C(CCC(=O)O)NC(=O)C(N)CCSC)C(=O)NC(Cc1ccc(O)cc1)C(=O)O. The molecule has 0 saturated heterocycles. The van der Waals surface area contributed by atoms with E-state index in [1.165, 1.54) is 36.0 Å². The molecule has 1 aromatic carbocycles. The molecule has 0 aliphatic carbocycles. The number of rotatable bonds is 17. The number of phenolic OH excluding ortho intramolecular Hbond substituents is 1. The van der Waals surface area contributed by atoms with Gasteiger partial charge in [0.2, 0.25) is 17.7 Å². The van der Waals surface area contributed by atoms with Crippen LogP contribution in [0.3, 0.4) is 0 Å². The minimum Gasteiger partial charge on any atom is -0.508 e. The number of thioether (sulfide) groups is 1. The molecule has 0 fully saturated rings. The Morgan fingerprint density at radius 2 is 1.53 bits per heavy atom. The van der Waals surface area contributed by atoms with E-state index in [0.29, 0.717) is 24.2 Å². The van der Waals surface area contributed by atoms with Crippen LogP contribution in [0.2, 0.25) is 0 Å². The van der Waals surface area contributed by atoms with E-state index in [0.717, 1.165) is 0 Å². The van der Waals surface area contributed by atoms with Gasteiger partial charge in [0.15, 0.2) is 0 Å². The molecule has 0 saturated carbocycles. The summed E-state index contributed by atoms with van der Waals surface area (Å²) in [5, 5.41) is 35.7. The van der Waals surface area contributed by atoms with E-state index >= 15 is 0 Å². The molecule has 0 spiro atoms. The van der Waals surface area contributed by atoms with Crippen molar-refractivity contribution in [2.24, 2.45) is 11.7 Å². The molecule has 38 heavy (non-hydrogen) atoms. The average Bonchev–Trinajstić information content (AvgIpc) is 2.87. The van der Waals surface area contributed by atoms with E-state index in [2.05, 4.69) is 16.0 Å². The third-order valence-electron chi connectivity index (χ3n) is 6.03. The summed E-state index contributed by atoms with van der Waals surface area (Å²) in [5.74, 6) is -4.37. The number of amides is 3. The Labute approximate surface area is 226 Å². The third-order valence-corrected chi connectivity index (χ3v) is 6.68. The molecule has 1 rings (SSSR count). The predicted octanol–water partition coefficient (Wildman–Crippen LogP) is 0.465. The summed E-state index contributed by atoms with van der Waals surface area (Å²) in [5.41, 5.74) is 6.44. The predicted molar refractivity (Wildman–Crippen MR) is 143 cm³/mol. The van der Waals surface area contributed by atoms with Gasteiger partial charge in [-0.2, -0.15) is 11.8 Å². The van der Waals surface area contributed by atoms with Crippen LogP contribution < -0.4 is 21.7 Å². The second-order valence-electron chi connectivity index (χ2n) is 9.02. The molecule has 13 heteroatoms. The highest BCUT2D eigenvalue weighted by atomic mass is 32.2. The van der Waals surface area contributed by atoms with Crippen molar-refractivity contribution < 1.29 is 39.3 Å². The first-order chi connectivity index (χ1) is 17.9. The number of benzene rings is 1. The number of nitrogens with one attached hydrogen (secondary N) is 3. The smallest absolute Gasteiger partial charge is 0.326 e. The standard InChI is InChI=1S/C25H38N4O8S/c1-4-14(2)21(24(35)28-19(25(36)37)13-15-5-7-16(30)8-6-15)29-23(34)18(9-10-20(31)32)27-22(33)17(26)11-12-38-3/h5-8,14,17-19,21,30H,4,9-13,26H2,1-3H3,(H,27,33)(H,28,35)(H,29,34)(H,31,32)(H,36,37). The van der Waals surface area contributed by atoms with Crippen LogP contribution in [0.25, 0.3) is 0 Å². The van der Waals surface area contributed by atoms with Gasteiger partial charge in [0.1, 0.15) is 23.9 Å². The zero-order chi connectivity index (χ0) is 28.8. The summed E-state index contributed by atoms with van der Waals surface area (Å²) in [6.07, 6.45) is 1.97. The van der Waals surface area contributed by atoms with Gasteiger partial charge in [0.25, 0.3) is 0 Å². The molecule has 0 bridgehead atoms. The maximum Gasteiger partial charge on any atom is 0.326 e. The van der Waals surface area contributed by atoms with E-state index in [-0.39, 0.29) is 18.6 Å². The van der Waals surface area contributed by atoms with Crippen molar-refractivity contribution in [1.29, 1.82) is 0 Å². The van der Waals surface area contributed by atoms with E-state index in [4.69, 9.17) is 10.8 Å². The minimum atomic E-state index is -1.31. The Hall–Kier alpha value is -3.32. The van der Waals surface area contributed by atoms with Crippen LogP contribution in [-0.4, -0.2) is 81.2 Å². The number of carbonyl (C=O) groups excluding carboxylic acids is 3. The molecule has 0 heterocycles. The molecule has 0 aromatic heterocycles. The van der Waals surface area contributed by atoms with Gasteiger partial charge in [-0.05, 0) is 48.5 Å². The second kappa shape index (κ2) is 16.5. The molecule has 0 aliphatic rings. The van der Waals surface area contributed by atoms with Crippen LogP contribution in [0.5, 0.6) is 5.75 Å². The normalized spacial score (nSPS) is 14.8. The minimum absolute atomic E-state index is 0.0129. The van der Waals surface area contributed by atoms with Gasteiger partial charge in [0.05, 0.1) is 6.04 Å². The second-order valence-corrected chi connectivity index (χ2v) is 10.0. The van der Waals surface area contributed by atoms with E-state index in [9.17, 15) is 34.2 Å². The Bertz CT molecular complexity index is 959. The molecule has 12 nitrogen and oxygen atoms in total. The van der Waals surface area contributed by atoms with E-state index in [1.807, 2.05) is 6.26 Å². The number of carboxylic acids is 2. The van der Waals surface area contributed by atoms with Crippen molar-refractivity contribution in [3.8, 4) is 5.75 Å². The molecular weight excluding hydrogens is 516 g/mol. The van der Waals surface area contributed by atoms with Crippen LogP contribution in [-0.2, 0) is 30.4 Å². The molecule has 8 N–H and O–H groups in total. The monoisotopic (exact) mass is 554 g/mol. The lowest BCUT2D eigenvalue weighted by Crippen LogP contribution is -2.59. The fourth-order valence-electron chi connectivity index (χ4n) is 3.48. The highest BCUT2D eigenvalue weighted by molar-refractivity contribution is 7.98. The quantitative estimate of drug-likeness (QED) is 0.141. The largest absolute Gasteiger partial charge is 0.508 e. The van der Waals surface area contributed by atoms with Gasteiger partial charge < -0.3 is 37.0 Å². The summed E-state index contributed by atoms with van der Waals surface area (Å²) < 4.78 is 0. The molecule has 5 unspecified atom stereocenters. The number of aromatic hydroxyl groups is 1. The Kier molecular flexibility index (Phi) is 14.2. The lowest BCUT2D eigenvalue weighted by molar-refractivity contribution is -0.142. The maximum atomic E-state index is 13.1. The topological polar surface area (TPSA) is 208 Å². The Morgan fingerprint density at radius 1 is 0.921 bits per heavy atom. The van der Waals surface area contributed by atoms with Crippen molar-refractivity contribution in [2.75, 3.05) is 12.0 Å². The van der Waals surface area contributed by atoms with Crippen molar-refractivity contribution in [3.63, 3.8) is 0 Å². The van der Waals surface area contributed by atoms with Crippen LogP contribution >= 0.6 is 11.8 Å². The highest BCUT2D eigenvalue weighted by Crippen LogP contribution is 2.13. The summed E-state index contributed by atoms with van der Waals surface area (Å²) in [7, 11) is 0. The summed E-state index contributed by atoms with van der Waals surface area (Å²) in [4.78, 5) is 61.7. The maximum absolute atomic E-state index is 13.1.